The maximum atomic E-state index is 12.3. The fourth-order valence-electron chi connectivity index (χ4n) is 1.05. The van der Waals surface area contributed by atoms with Crippen LogP contribution in [0, 0.1) is 11.5 Å². The maximum Gasteiger partial charge on any atom is 0.425 e. The molecular formula is C7H2F3N3OS. The zero-order chi connectivity index (χ0) is 11.1. The topological polar surface area (TPSA) is 61.7 Å². The second-order valence-corrected chi connectivity index (χ2v) is 3.60. The number of alkyl halides is 3. The van der Waals surface area contributed by atoms with Crippen LogP contribution in [0.15, 0.2) is 6.07 Å². The third-order valence-corrected chi connectivity index (χ3v) is 2.72. The van der Waals surface area contributed by atoms with Gasteiger partial charge in [-0.25, -0.2) is 5.10 Å². The van der Waals surface area contributed by atoms with Gasteiger partial charge in [0.1, 0.15) is 9.71 Å². The van der Waals surface area contributed by atoms with Crippen molar-refractivity contribution in [3.05, 3.63) is 10.9 Å². The third-order valence-electron chi connectivity index (χ3n) is 1.64. The van der Waals surface area contributed by atoms with E-state index in [1.165, 1.54) is 6.26 Å². The molecule has 0 atom stereocenters. The van der Waals surface area contributed by atoms with E-state index in [4.69, 9.17) is 5.26 Å². The molecule has 1 N–H and O–H groups in total. The van der Waals surface area contributed by atoms with Crippen molar-refractivity contribution in [1.29, 1.82) is 5.26 Å². The Kier molecular flexibility index (Phi) is 2.04. The minimum Gasteiger partial charge on any atom is -0.367 e. The van der Waals surface area contributed by atoms with Gasteiger partial charge in [0.15, 0.2) is 0 Å². The zero-order valence-electron chi connectivity index (χ0n) is 6.92. The van der Waals surface area contributed by atoms with Crippen LogP contribution in [-0.4, -0.2) is 10.2 Å². The van der Waals surface area contributed by atoms with Crippen molar-refractivity contribution in [3.63, 3.8) is 0 Å². The Balaban J connectivity index is 2.53. The van der Waals surface area contributed by atoms with Crippen molar-refractivity contribution in [2.24, 2.45) is 0 Å². The highest BCUT2D eigenvalue weighted by atomic mass is 32.1. The van der Waals surface area contributed by atoms with Gasteiger partial charge in [0.05, 0.1) is 5.39 Å². The second kappa shape index (κ2) is 3.13. The van der Waals surface area contributed by atoms with E-state index in [1.54, 1.807) is 0 Å². The normalized spacial score (nSPS) is 11.6. The first-order valence-corrected chi connectivity index (χ1v) is 4.45. The number of hydrogen-bond acceptors (Lipinski definition) is 4. The first kappa shape index (κ1) is 9.79. The van der Waals surface area contributed by atoms with E-state index in [0.717, 1.165) is 6.07 Å². The fourth-order valence-corrected chi connectivity index (χ4v) is 1.91. The molecule has 0 radical (unpaired) electrons. The summed E-state index contributed by atoms with van der Waals surface area (Å²) in [5.74, 6) is -0.0701. The smallest absolute Gasteiger partial charge is 0.367 e. The molecule has 2 aromatic rings. The number of nitrogens with one attached hydrogen (secondary N) is 1. The van der Waals surface area contributed by atoms with E-state index in [0.29, 0.717) is 11.3 Å². The standard InChI is InChI=1S/C7H2F3N3OS/c8-7(9,10)4-1-3-5(14-2-11)12-13-6(3)15-4/h1H,(H,12,13). The van der Waals surface area contributed by atoms with E-state index >= 15 is 0 Å². The van der Waals surface area contributed by atoms with E-state index in [2.05, 4.69) is 14.9 Å². The number of fused-ring (bicyclic) bond motifs is 1. The van der Waals surface area contributed by atoms with Crippen LogP contribution in [0.2, 0.25) is 0 Å². The van der Waals surface area contributed by atoms with Crippen LogP contribution in [-0.2, 0) is 6.18 Å². The molecule has 0 fully saturated rings. The number of hydrogen-bond donors (Lipinski definition) is 1. The minimum atomic E-state index is -4.40. The van der Waals surface area contributed by atoms with E-state index in [-0.39, 0.29) is 16.1 Å². The SMILES string of the molecule is N#COc1[nH]nc2sc(C(F)(F)F)cc12. The maximum absolute atomic E-state index is 12.3. The van der Waals surface area contributed by atoms with Crippen molar-refractivity contribution >= 4 is 21.6 Å². The van der Waals surface area contributed by atoms with Crippen LogP contribution < -0.4 is 4.74 Å². The Morgan fingerprint density at radius 3 is 2.87 bits per heavy atom. The second-order valence-electron chi connectivity index (χ2n) is 2.57. The van der Waals surface area contributed by atoms with Crippen molar-refractivity contribution in [3.8, 4) is 12.1 Å². The molecule has 15 heavy (non-hydrogen) atoms. The molecule has 0 aromatic carbocycles. The molecule has 4 nitrogen and oxygen atoms in total. The van der Waals surface area contributed by atoms with Gasteiger partial charge in [-0.15, -0.1) is 16.6 Å². The summed E-state index contributed by atoms with van der Waals surface area (Å²) in [6.07, 6.45) is -3.04. The first-order valence-electron chi connectivity index (χ1n) is 3.63. The number of H-pyrrole nitrogens is 1. The fraction of sp³-hybridized carbons (Fsp3) is 0.143. The molecule has 2 aromatic heterocycles. The summed E-state index contributed by atoms with van der Waals surface area (Å²) in [6.45, 7) is 0. The highest BCUT2D eigenvalue weighted by Crippen LogP contribution is 2.39. The van der Waals surface area contributed by atoms with Gasteiger partial charge in [-0.1, -0.05) is 0 Å². The van der Waals surface area contributed by atoms with Crippen molar-refractivity contribution < 1.29 is 17.9 Å². The van der Waals surface area contributed by atoms with Gasteiger partial charge in [-0.05, 0) is 6.07 Å². The Hall–Kier alpha value is -1.75. The lowest BCUT2D eigenvalue weighted by molar-refractivity contribution is -0.134. The predicted octanol–water partition coefficient (Wildman–Crippen LogP) is 2.50. The number of aromatic nitrogens is 2. The molecule has 0 saturated carbocycles. The van der Waals surface area contributed by atoms with Gasteiger partial charge < -0.3 is 4.74 Å². The van der Waals surface area contributed by atoms with E-state index in [1.807, 2.05) is 0 Å². The molecule has 0 spiro atoms. The number of nitrogens with zero attached hydrogens (tertiary/aromatic N) is 2. The molecule has 2 heterocycles. The Morgan fingerprint density at radius 1 is 1.53 bits per heavy atom. The largest absolute Gasteiger partial charge is 0.425 e. The molecule has 78 valence electrons. The number of halogens is 3. The molecule has 8 heteroatoms. The van der Waals surface area contributed by atoms with Crippen LogP contribution in [0.25, 0.3) is 10.2 Å². The Bertz CT molecular complexity index is 536. The summed E-state index contributed by atoms with van der Waals surface area (Å²) in [5, 5.41) is 14.3. The monoisotopic (exact) mass is 233 g/mol. The summed E-state index contributed by atoms with van der Waals surface area (Å²) in [4.78, 5) is -0.607. The molecule has 0 aliphatic heterocycles. The van der Waals surface area contributed by atoms with Crippen molar-refractivity contribution in [2.45, 2.75) is 6.18 Å². The van der Waals surface area contributed by atoms with Gasteiger partial charge >= 0.3 is 6.18 Å². The van der Waals surface area contributed by atoms with Crippen LogP contribution in [0.5, 0.6) is 5.88 Å². The number of nitriles is 1. The minimum absolute atomic E-state index is 0.0701. The van der Waals surface area contributed by atoms with Crippen LogP contribution in [0.4, 0.5) is 13.2 Å². The number of ether oxygens (including phenoxy) is 1. The quantitative estimate of drug-likeness (QED) is 0.769. The van der Waals surface area contributed by atoms with Crippen LogP contribution >= 0.6 is 11.3 Å². The predicted molar refractivity (Wildman–Crippen MR) is 45.2 cm³/mol. The average Bonchev–Trinajstić information content (AvgIpc) is 2.65. The molecule has 0 aliphatic carbocycles. The highest BCUT2D eigenvalue weighted by Gasteiger charge is 2.34. The van der Waals surface area contributed by atoms with Gasteiger partial charge in [-0.2, -0.15) is 18.3 Å². The highest BCUT2D eigenvalue weighted by molar-refractivity contribution is 7.18. The van der Waals surface area contributed by atoms with Gasteiger partial charge in [0.2, 0.25) is 5.88 Å². The molecular weight excluding hydrogens is 231 g/mol. The van der Waals surface area contributed by atoms with Crippen molar-refractivity contribution in [1.82, 2.24) is 10.2 Å². The van der Waals surface area contributed by atoms with Crippen molar-refractivity contribution in [2.75, 3.05) is 0 Å². The summed E-state index contributed by atoms with van der Waals surface area (Å²) >= 11 is 0.494. The molecule has 2 rings (SSSR count). The third kappa shape index (κ3) is 1.61. The average molecular weight is 233 g/mol. The summed E-state index contributed by atoms with van der Waals surface area (Å²) in [5.41, 5.74) is 0. The number of rotatable bonds is 1. The molecule has 0 unspecified atom stereocenters. The Morgan fingerprint density at radius 2 is 2.27 bits per heavy atom. The number of aromatic amines is 1. The van der Waals surface area contributed by atoms with Gasteiger partial charge in [0.25, 0.3) is 6.26 Å². The van der Waals surface area contributed by atoms with E-state index < -0.39 is 11.1 Å². The molecule has 0 saturated heterocycles. The summed E-state index contributed by atoms with van der Waals surface area (Å²) < 4.78 is 41.3. The Labute approximate surface area is 84.9 Å². The van der Waals surface area contributed by atoms with Gasteiger partial charge in [0, 0.05) is 0 Å². The van der Waals surface area contributed by atoms with E-state index in [9.17, 15) is 13.2 Å². The lowest BCUT2D eigenvalue weighted by Gasteiger charge is -1.99. The zero-order valence-corrected chi connectivity index (χ0v) is 7.74. The first-order chi connectivity index (χ1) is 7.02. The summed E-state index contributed by atoms with van der Waals surface area (Å²) in [6, 6.07) is 0.899. The van der Waals surface area contributed by atoms with Crippen LogP contribution in [0.1, 0.15) is 4.88 Å². The van der Waals surface area contributed by atoms with Gasteiger partial charge in [-0.3, -0.25) is 0 Å². The molecule has 0 bridgehead atoms. The molecule has 0 aliphatic rings. The summed E-state index contributed by atoms with van der Waals surface area (Å²) in [7, 11) is 0. The lowest BCUT2D eigenvalue weighted by Crippen LogP contribution is -2.00. The molecule has 0 amide bonds. The van der Waals surface area contributed by atoms with Crippen LogP contribution in [0.3, 0.4) is 0 Å². The lowest BCUT2D eigenvalue weighted by atomic mass is 10.3. The number of thiophene rings is 1.